The van der Waals surface area contributed by atoms with E-state index in [1.54, 1.807) is 36.4 Å². The van der Waals surface area contributed by atoms with Crippen molar-refractivity contribution in [2.45, 2.75) is 62.0 Å². The van der Waals surface area contributed by atoms with Gasteiger partial charge in [-0.15, -0.1) is 0 Å². The second-order valence-electron chi connectivity index (χ2n) is 11.7. The summed E-state index contributed by atoms with van der Waals surface area (Å²) in [5, 5.41) is 4.24. The normalized spacial score (nSPS) is 14.2. The Morgan fingerprint density at radius 2 is 1.38 bits per heavy atom. The number of rotatable bonds is 12. The maximum Gasteiger partial charge on any atom is 0.264 e. The van der Waals surface area contributed by atoms with Crippen molar-refractivity contribution < 1.29 is 18.0 Å². The van der Waals surface area contributed by atoms with E-state index in [4.69, 9.17) is 46.4 Å². The number of amides is 2. The topological polar surface area (TPSA) is 86.8 Å². The summed E-state index contributed by atoms with van der Waals surface area (Å²) in [7, 11) is -4.32. The highest BCUT2D eigenvalue weighted by atomic mass is 35.5. The summed E-state index contributed by atoms with van der Waals surface area (Å²) < 4.78 is 29.3. The quantitative estimate of drug-likeness (QED) is 0.157. The zero-order chi connectivity index (χ0) is 34.3. The van der Waals surface area contributed by atoms with Gasteiger partial charge in [-0.1, -0.05) is 120 Å². The van der Waals surface area contributed by atoms with Gasteiger partial charge in [0.15, 0.2) is 0 Å². The Balaban J connectivity index is 1.59. The highest BCUT2D eigenvalue weighted by Gasteiger charge is 2.36. The highest BCUT2D eigenvalue weighted by Crippen LogP contribution is 2.33. The van der Waals surface area contributed by atoms with Gasteiger partial charge < -0.3 is 10.2 Å². The fraction of sp³-hybridized carbons (Fsp3) is 0.278. The summed E-state index contributed by atoms with van der Waals surface area (Å²) in [6.45, 7) is -0.746. The fourth-order valence-electron chi connectivity index (χ4n) is 5.85. The van der Waals surface area contributed by atoms with Crippen LogP contribution in [0.25, 0.3) is 0 Å². The molecule has 0 saturated heterocycles. The van der Waals surface area contributed by atoms with Crippen molar-refractivity contribution in [1.82, 2.24) is 10.2 Å². The van der Waals surface area contributed by atoms with E-state index in [0.717, 1.165) is 42.0 Å². The summed E-state index contributed by atoms with van der Waals surface area (Å²) in [6, 6.07) is 25.4. The van der Waals surface area contributed by atoms with E-state index in [1.165, 1.54) is 35.2 Å². The average Bonchev–Trinajstić information content (AvgIpc) is 3.07. The lowest BCUT2D eigenvalue weighted by Crippen LogP contribution is -2.55. The van der Waals surface area contributed by atoms with Gasteiger partial charge in [0.05, 0.1) is 15.6 Å². The van der Waals surface area contributed by atoms with E-state index in [0.29, 0.717) is 20.6 Å². The van der Waals surface area contributed by atoms with E-state index in [1.807, 2.05) is 30.3 Å². The molecule has 1 aliphatic carbocycles. The summed E-state index contributed by atoms with van der Waals surface area (Å²) in [4.78, 5) is 30.3. The monoisotopic (exact) mass is 745 g/mol. The summed E-state index contributed by atoms with van der Waals surface area (Å²) in [5.41, 5.74) is 1.43. The summed E-state index contributed by atoms with van der Waals surface area (Å²) in [5.74, 6) is -0.961. The van der Waals surface area contributed by atoms with Crippen LogP contribution in [0.3, 0.4) is 0 Å². The number of sulfonamides is 1. The number of hydrogen-bond donors (Lipinski definition) is 1. The summed E-state index contributed by atoms with van der Waals surface area (Å²) >= 11 is 25.5. The Hall–Kier alpha value is -3.27. The molecule has 1 saturated carbocycles. The van der Waals surface area contributed by atoms with Crippen molar-refractivity contribution in [2.75, 3.05) is 10.8 Å². The number of nitrogens with one attached hydrogen (secondary N) is 1. The second kappa shape index (κ2) is 16.4. The first-order chi connectivity index (χ1) is 23.0. The number of benzene rings is 4. The molecular weight excluding hydrogens is 712 g/mol. The number of hydrogen-bond acceptors (Lipinski definition) is 4. The largest absolute Gasteiger partial charge is 0.352 e. The van der Waals surface area contributed by atoms with Gasteiger partial charge in [0.2, 0.25) is 11.8 Å². The first kappa shape index (κ1) is 36.0. The third kappa shape index (κ3) is 9.04. The third-order valence-electron chi connectivity index (χ3n) is 8.37. The van der Waals surface area contributed by atoms with Crippen LogP contribution in [0.1, 0.15) is 43.2 Å². The molecule has 7 nitrogen and oxygen atoms in total. The predicted molar refractivity (Wildman–Crippen MR) is 193 cm³/mol. The molecule has 1 aliphatic rings. The minimum absolute atomic E-state index is 0.0246. The predicted octanol–water partition coefficient (Wildman–Crippen LogP) is 8.58. The molecule has 0 unspecified atom stereocenters. The maximum absolute atomic E-state index is 14.7. The molecule has 5 rings (SSSR count). The Morgan fingerprint density at radius 3 is 2.00 bits per heavy atom. The lowest BCUT2D eigenvalue weighted by molar-refractivity contribution is -0.140. The number of anilines is 1. The molecule has 4 aromatic rings. The number of nitrogens with zero attached hydrogens (tertiary/aromatic N) is 2. The molecular formula is C36H35Cl4N3O4S. The summed E-state index contributed by atoms with van der Waals surface area (Å²) in [6.07, 6.45) is 5.00. The molecule has 2 amide bonds. The molecule has 4 aromatic carbocycles. The standard InChI is InChI=1S/C36H35Cl4N3O4S/c37-27-17-16-26(31(39)21-27)23-42(34(20-25-10-4-1-5-11-25)36(45)41-29-12-6-2-7-13-29)35(44)24-43(33-19-18-28(38)22-32(33)40)48(46,47)30-14-8-3-9-15-30/h1,3-5,8-11,14-19,21-22,29,34H,2,6-7,12-13,20,23-24H2,(H,41,45)/t34-/m0/s1. The van der Waals surface area contributed by atoms with Crippen LogP contribution in [0.2, 0.25) is 20.1 Å². The van der Waals surface area contributed by atoms with Gasteiger partial charge in [-0.05, 0) is 66.4 Å². The molecule has 252 valence electrons. The molecule has 0 aliphatic heterocycles. The van der Waals surface area contributed by atoms with Crippen LogP contribution in [-0.4, -0.2) is 43.8 Å². The molecule has 0 aromatic heterocycles. The first-order valence-electron chi connectivity index (χ1n) is 15.6. The van der Waals surface area contributed by atoms with E-state index in [9.17, 15) is 18.0 Å². The van der Waals surface area contributed by atoms with Crippen molar-refractivity contribution >= 4 is 73.9 Å². The van der Waals surface area contributed by atoms with Crippen molar-refractivity contribution in [2.24, 2.45) is 0 Å². The Morgan fingerprint density at radius 1 is 0.771 bits per heavy atom. The number of halogens is 4. The van der Waals surface area contributed by atoms with Crippen LogP contribution in [-0.2, 0) is 32.6 Å². The van der Waals surface area contributed by atoms with Crippen LogP contribution < -0.4 is 9.62 Å². The highest BCUT2D eigenvalue weighted by molar-refractivity contribution is 7.92. The van der Waals surface area contributed by atoms with Crippen LogP contribution in [0.15, 0.2) is 102 Å². The molecule has 0 bridgehead atoms. The fourth-order valence-corrected chi connectivity index (χ4v) is 8.33. The van der Waals surface area contributed by atoms with Crippen LogP contribution in [0, 0.1) is 0 Å². The van der Waals surface area contributed by atoms with Crippen LogP contribution in [0.5, 0.6) is 0 Å². The van der Waals surface area contributed by atoms with Crippen LogP contribution >= 0.6 is 46.4 Å². The van der Waals surface area contributed by atoms with E-state index < -0.39 is 28.5 Å². The lowest BCUT2D eigenvalue weighted by atomic mass is 9.94. The van der Waals surface area contributed by atoms with E-state index in [2.05, 4.69) is 5.32 Å². The van der Waals surface area contributed by atoms with Crippen molar-refractivity contribution in [3.63, 3.8) is 0 Å². The molecule has 0 heterocycles. The smallest absolute Gasteiger partial charge is 0.264 e. The van der Waals surface area contributed by atoms with Gasteiger partial charge >= 0.3 is 0 Å². The van der Waals surface area contributed by atoms with Crippen molar-refractivity contribution in [3.05, 3.63) is 128 Å². The molecule has 12 heteroatoms. The Kier molecular flexibility index (Phi) is 12.3. The minimum Gasteiger partial charge on any atom is -0.352 e. The van der Waals surface area contributed by atoms with Crippen LogP contribution in [0.4, 0.5) is 5.69 Å². The van der Waals surface area contributed by atoms with Gasteiger partial charge in [0, 0.05) is 34.1 Å². The first-order valence-corrected chi connectivity index (χ1v) is 18.6. The average molecular weight is 748 g/mol. The molecule has 48 heavy (non-hydrogen) atoms. The van der Waals surface area contributed by atoms with Gasteiger partial charge in [-0.3, -0.25) is 13.9 Å². The van der Waals surface area contributed by atoms with E-state index in [-0.39, 0.29) is 40.5 Å². The van der Waals surface area contributed by atoms with Crippen molar-refractivity contribution in [3.8, 4) is 0 Å². The minimum atomic E-state index is -4.32. The van der Waals surface area contributed by atoms with Crippen molar-refractivity contribution in [1.29, 1.82) is 0 Å². The lowest BCUT2D eigenvalue weighted by Gasteiger charge is -2.35. The second-order valence-corrected chi connectivity index (χ2v) is 15.3. The molecule has 0 radical (unpaired) electrons. The van der Waals surface area contributed by atoms with Gasteiger partial charge in [-0.25, -0.2) is 8.42 Å². The SMILES string of the molecule is O=C(NC1CCCCC1)[C@H](Cc1ccccc1)N(Cc1ccc(Cl)cc1Cl)C(=O)CN(c1ccc(Cl)cc1Cl)S(=O)(=O)c1ccccc1. The van der Waals surface area contributed by atoms with Gasteiger partial charge in [0.1, 0.15) is 12.6 Å². The Labute approximate surface area is 301 Å². The van der Waals surface area contributed by atoms with Gasteiger partial charge in [-0.2, -0.15) is 0 Å². The van der Waals surface area contributed by atoms with Gasteiger partial charge in [0.25, 0.3) is 10.0 Å². The number of carbonyl (C=O) groups excluding carboxylic acids is 2. The Bertz CT molecular complexity index is 1840. The van der Waals surface area contributed by atoms with E-state index >= 15 is 0 Å². The molecule has 0 spiro atoms. The number of carbonyl (C=O) groups is 2. The zero-order valence-corrected chi connectivity index (χ0v) is 29.8. The molecule has 1 atom stereocenters. The third-order valence-corrected chi connectivity index (χ3v) is 11.3. The molecule has 1 fully saturated rings. The zero-order valence-electron chi connectivity index (χ0n) is 26.0. The molecule has 1 N–H and O–H groups in total. The maximum atomic E-state index is 14.7.